The van der Waals surface area contributed by atoms with Gasteiger partial charge in [0.15, 0.2) is 0 Å². The predicted molar refractivity (Wildman–Crippen MR) is 92.7 cm³/mol. The van der Waals surface area contributed by atoms with E-state index in [-0.39, 0.29) is 18.2 Å². The van der Waals surface area contributed by atoms with Crippen molar-refractivity contribution >= 4 is 17.4 Å². The molecule has 0 aromatic heterocycles. The molecule has 1 amide bonds. The molecule has 0 unspecified atom stereocenters. The molecule has 0 radical (unpaired) electrons. The highest BCUT2D eigenvalue weighted by Crippen LogP contribution is 2.35. The Kier molecular flexibility index (Phi) is 4.88. The van der Waals surface area contributed by atoms with Gasteiger partial charge in [0.1, 0.15) is 5.75 Å². The molecule has 2 rings (SSSR count). The number of anilines is 1. The lowest BCUT2D eigenvalue weighted by atomic mass is 9.89. The standard InChI is InChI=1S/C18H26N2O3/c1-10(2)23-17-9-15(11(3)6-16(17)19)14-7-12(4)20(18(21)22)13(5)8-14/h6-7,9-10,12-13H,8,19H2,1-5H3,(H,21,22)/t12-,13+/m1/s1. The molecule has 23 heavy (non-hydrogen) atoms. The number of benzene rings is 1. The molecular formula is C18H26N2O3. The van der Waals surface area contributed by atoms with E-state index in [1.54, 1.807) is 0 Å². The van der Waals surface area contributed by atoms with Crippen molar-refractivity contribution in [1.29, 1.82) is 0 Å². The Morgan fingerprint density at radius 3 is 2.57 bits per heavy atom. The molecule has 1 aliphatic rings. The number of hydrogen-bond donors (Lipinski definition) is 2. The van der Waals surface area contributed by atoms with Crippen molar-refractivity contribution in [1.82, 2.24) is 4.90 Å². The van der Waals surface area contributed by atoms with Crippen LogP contribution in [0.4, 0.5) is 10.5 Å². The van der Waals surface area contributed by atoms with Crippen molar-refractivity contribution in [3.05, 3.63) is 29.3 Å². The first-order chi connectivity index (χ1) is 10.7. The van der Waals surface area contributed by atoms with Crippen molar-refractivity contribution in [3.8, 4) is 5.75 Å². The van der Waals surface area contributed by atoms with Gasteiger partial charge < -0.3 is 15.6 Å². The molecule has 0 fully saturated rings. The molecule has 3 N–H and O–H groups in total. The normalized spacial score (nSPS) is 21.3. The predicted octanol–water partition coefficient (Wildman–Crippen LogP) is 3.91. The lowest BCUT2D eigenvalue weighted by molar-refractivity contribution is 0.116. The number of carbonyl (C=O) groups is 1. The number of nitrogen functional groups attached to an aromatic ring is 1. The number of nitrogens with zero attached hydrogens (tertiary/aromatic N) is 1. The number of hydrogen-bond acceptors (Lipinski definition) is 3. The van der Waals surface area contributed by atoms with Crippen molar-refractivity contribution in [2.24, 2.45) is 0 Å². The Hall–Kier alpha value is -2.17. The zero-order chi connectivity index (χ0) is 17.3. The van der Waals surface area contributed by atoms with Crippen LogP contribution in [0, 0.1) is 6.92 Å². The number of aryl methyl sites for hydroxylation is 1. The van der Waals surface area contributed by atoms with Gasteiger partial charge in [0.2, 0.25) is 0 Å². The second-order valence-corrected chi connectivity index (χ2v) is 6.55. The maximum atomic E-state index is 11.4. The zero-order valence-corrected chi connectivity index (χ0v) is 14.5. The van der Waals surface area contributed by atoms with Crippen LogP contribution in [-0.2, 0) is 0 Å². The van der Waals surface area contributed by atoms with Crippen LogP contribution in [0.15, 0.2) is 18.2 Å². The zero-order valence-electron chi connectivity index (χ0n) is 14.5. The smallest absolute Gasteiger partial charge is 0.408 e. The van der Waals surface area contributed by atoms with E-state index < -0.39 is 6.09 Å². The molecule has 0 bridgehead atoms. The molecule has 2 atom stereocenters. The molecule has 0 saturated heterocycles. The van der Waals surface area contributed by atoms with Gasteiger partial charge in [-0.2, -0.15) is 0 Å². The van der Waals surface area contributed by atoms with E-state index >= 15 is 0 Å². The van der Waals surface area contributed by atoms with Crippen LogP contribution in [0.1, 0.15) is 45.2 Å². The third-order valence-corrected chi connectivity index (χ3v) is 4.16. The number of amides is 1. The van der Waals surface area contributed by atoms with Gasteiger partial charge >= 0.3 is 6.09 Å². The number of carboxylic acid groups (broad SMARTS) is 1. The second-order valence-electron chi connectivity index (χ2n) is 6.55. The van der Waals surface area contributed by atoms with E-state index in [1.165, 1.54) is 4.90 Å². The van der Waals surface area contributed by atoms with Crippen LogP contribution in [0.5, 0.6) is 5.75 Å². The van der Waals surface area contributed by atoms with E-state index in [0.29, 0.717) is 17.9 Å². The van der Waals surface area contributed by atoms with Gasteiger partial charge in [-0.05, 0) is 69.9 Å². The molecular weight excluding hydrogens is 292 g/mol. The van der Waals surface area contributed by atoms with E-state index in [0.717, 1.165) is 16.7 Å². The quantitative estimate of drug-likeness (QED) is 0.829. The van der Waals surface area contributed by atoms with Gasteiger partial charge in [-0.3, -0.25) is 4.90 Å². The highest BCUT2D eigenvalue weighted by molar-refractivity contribution is 5.76. The molecule has 5 nitrogen and oxygen atoms in total. The summed E-state index contributed by atoms with van der Waals surface area (Å²) in [6.45, 7) is 9.80. The first-order valence-corrected chi connectivity index (χ1v) is 7.99. The van der Waals surface area contributed by atoms with Crippen molar-refractivity contribution in [3.63, 3.8) is 0 Å². The van der Waals surface area contributed by atoms with E-state index in [9.17, 15) is 9.90 Å². The van der Waals surface area contributed by atoms with Crippen LogP contribution in [0.25, 0.3) is 5.57 Å². The summed E-state index contributed by atoms with van der Waals surface area (Å²) in [6.07, 6.45) is 1.88. The average Bonchev–Trinajstić information content (AvgIpc) is 2.40. The molecule has 1 aliphatic heterocycles. The Morgan fingerprint density at radius 2 is 2.04 bits per heavy atom. The lowest BCUT2D eigenvalue weighted by Crippen LogP contribution is -2.45. The van der Waals surface area contributed by atoms with E-state index in [4.69, 9.17) is 10.5 Å². The maximum absolute atomic E-state index is 11.4. The summed E-state index contributed by atoms with van der Waals surface area (Å²) in [7, 11) is 0. The van der Waals surface area contributed by atoms with Crippen molar-refractivity contribution < 1.29 is 14.6 Å². The molecule has 0 aliphatic carbocycles. The summed E-state index contributed by atoms with van der Waals surface area (Å²) in [6, 6.07) is 3.69. The number of nitrogens with two attached hydrogens (primary N) is 1. The number of ether oxygens (including phenoxy) is 1. The fraction of sp³-hybridized carbons (Fsp3) is 0.500. The minimum atomic E-state index is -0.877. The van der Waals surface area contributed by atoms with Gasteiger partial charge in [-0.1, -0.05) is 6.08 Å². The Morgan fingerprint density at radius 1 is 1.39 bits per heavy atom. The third-order valence-electron chi connectivity index (χ3n) is 4.16. The highest BCUT2D eigenvalue weighted by atomic mass is 16.5. The lowest BCUT2D eigenvalue weighted by Gasteiger charge is -2.36. The molecule has 1 aromatic rings. The summed E-state index contributed by atoms with van der Waals surface area (Å²) in [4.78, 5) is 12.9. The molecule has 1 heterocycles. The summed E-state index contributed by atoms with van der Waals surface area (Å²) < 4.78 is 5.79. The van der Waals surface area contributed by atoms with Crippen LogP contribution < -0.4 is 10.5 Å². The molecule has 5 heteroatoms. The van der Waals surface area contributed by atoms with E-state index in [1.807, 2.05) is 52.8 Å². The Bertz CT molecular complexity index is 637. The summed E-state index contributed by atoms with van der Waals surface area (Å²) in [5, 5.41) is 9.33. The first-order valence-electron chi connectivity index (χ1n) is 7.99. The highest BCUT2D eigenvalue weighted by Gasteiger charge is 2.30. The summed E-state index contributed by atoms with van der Waals surface area (Å²) in [5.74, 6) is 0.683. The van der Waals surface area contributed by atoms with Gasteiger partial charge in [-0.25, -0.2) is 4.79 Å². The second kappa shape index (κ2) is 6.52. The largest absolute Gasteiger partial charge is 0.489 e. The van der Waals surface area contributed by atoms with Crippen LogP contribution >= 0.6 is 0 Å². The fourth-order valence-corrected chi connectivity index (χ4v) is 3.23. The maximum Gasteiger partial charge on any atom is 0.408 e. The summed E-state index contributed by atoms with van der Waals surface area (Å²) in [5.41, 5.74) is 9.99. The minimum absolute atomic E-state index is 0.0496. The summed E-state index contributed by atoms with van der Waals surface area (Å²) >= 11 is 0. The SMILES string of the molecule is Cc1cc(N)c(OC(C)C)cc1C1=C[C@@H](C)N(C(=O)O)[C@@H](C)C1. The molecule has 1 aromatic carbocycles. The molecule has 0 saturated carbocycles. The Balaban J connectivity index is 2.42. The van der Waals surface area contributed by atoms with E-state index in [2.05, 4.69) is 0 Å². The Labute approximate surface area is 137 Å². The van der Waals surface area contributed by atoms with Crippen molar-refractivity contribution in [2.75, 3.05) is 5.73 Å². The van der Waals surface area contributed by atoms with Gasteiger partial charge in [0, 0.05) is 6.04 Å². The average molecular weight is 318 g/mol. The molecule has 0 spiro atoms. The topological polar surface area (TPSA) is 75.8 Å². The first kappa shape index (κ1) is 17.2. The van der Waals surface area contributed by atoms with Gasteiger partial charge in [-0.15, -0.1) is 0 Å². The monoisotopic (exact) mass is 318 g/mol. The fourth-order valence-electron chi connectivity index (χ4n) is 3.23. The van der Waals surface area contributed by atoms with Crippen LogP contribution in [0.2, 0.25) is 0 Å². The van der Waals surface area contributed by atoms with Gasteiger partial charge in [0.25, 0.3) is 0 Å². The van der Waals surface area contributed by atoms with Gasteiger partial charge in [0.05, 0.1) is 17.8 Å². The van der Waals surface area contributed by atoms with Crippen LogP contribution in [0.3, 0.4) is 0 Å². The third kappa shape index (κ3) is 3.60. The minimum Gasteiger partial charge on any atom is -0.489 e. The number of rotatable bonds is 3. The van der Waals surface area contributed by atoms with Crippen molar-refractivity contribution in [2.45, 2.75) is 59.2 Å². The molecule has 126 valence electrons. The van der Waals surface area contributed by atoms with Crippen LogP contribution in [-0.4, -0.2) is 34.3 Å².